The largest absolute Gasteiger partial charge is 0.343 e. The molecule has 0 spiro atoms. The average molecular weight is 440 g/mol. The van der Waals surface area contributed by atoms with Crippen molar-refractivity contribution in [3.63, 3.8) is 0 Å². The van der Waals surface area contributed by atoms with Crippen LogP contribution in [0.1, 0.15) is 34.6 Å². The van der Waals surface area contributed by atoms with Crippen LogP contribution in [-0.2, 0) is 30.7 Å². The molecule has 2 aromatic heterocycles. The molecule has 0 unspecified atom stereocenters. The van der Waals surface area contributed by atoms with Gasteiger partial charge in [0, 0.05) is 47.9 Å². The van der Waals surface area contributed by atoms with Gasteiger partial charge in [-0.05, 0) is 44.0 Å². The first-order valence-electron chi connectivity index (χ1n) is 11.6. The van der Waals surface area contributed by atoms with E-state index in [0.717, 1.165) is 35.9 Å². The second-order valence-corrected chi connectivity index (χ2v) is 8.64. The van der Waals surface area contributed by atoms with E-state index >= 15 is 0 Å². The molecule has 3 heterocycles. The molecule has 5 rings (SSSR count). The zero-order valence-electron chi connectivity index (χ0n) is 19.2. The van der Waals surface area contributed by atoms with Crippen LogP contribution in [-0.4, -0.2) is 34.0 Å². The predicted molar refractivity (Wildman–Crippen MR) is 131 cm³/mol. The maximum atomic E-state index is 12.9. The Balaban J connectivity index is 1.44. The number of rotatable bonds is 7. The fraction of sp³-hybridized carbons (Fsp3) is 0.296. The van der Waals surface area contributed by atoms with Gasteiger partial charge in [0.15, 0.2) is 0 Å². The summed E-state index contributed by atoms with van der Waals surface area (Å²) in [7, 11) is 1.88. The van der Waals surface area contributed by atoms with Crippen LogP contribution in [0.2, 0.25) is 0 Å². The number of aromatic nitrogens is 3. The summed E-state index contributed by atoms with van der Waals surface area (Å²) in [6.45, 7) is 4.04. The molecule has 0 atom stereocenters. The minimum Gasteiger partial charge on any atom is -0.343 e. The highest BCUT2D eigenvalue weighted by Crippen LogP contribution is 2.29. The smallest absolute Gasteiger partial charge is 0.228 e. The molecule has 1 amide bonds. The number of aryl methyl sites for hydroxylation is 1. The maximum Gasteiger partial charge on any atom is 0.228 e. The van der Waals surface area contributed by atoms with Gasteiger partial charge in [-0.1, -0.05) is 48.5 Å². The van der Waals surface area contributed by atoms with E-state index in [9.17, 15) is 4.79 Å². The number of fused-ring (bicyclic) bond motifs is 2. The summed E-state index contributed by atoms with van der Waals surface area (Å²) in [4.78, 5) is 24.2. The fourth-order valence-corrected chi connectivity index (χ4v) is 4.77. The summed E-state index contributed by atoms with van der Waals surface area (Å²) in [6.07, 6.45) is 4.24. The first-order valence-corrected chi connectivity index (χ1v) is 11.6. The summed E-state index contributed by atoms with van der Waals surface area (Å²) >= 11 is 0. The van der Waals surface area contributed by atoms with Gasteiger partial charge in [0.2, 0.25) is 5.91 Å². The number of hydrogen-bond donors (Lipinski definition) is 1. The lowest BCUT2D eigenvalue weighted by molar-refractivity contribution is -0.118. The molecule has 6 heteroatoms. The van der Waals surface area contributed by atoms with Gasteiger partial charge >= 0.3 is 0 Å². The van der Waals surface area contributed by atoms with Crippen molar-refractivity contribution >= 4 is 22.6 Å². The van der Waals surface area contributed by atoms with Gasteiger partial charge in [-0.2, -0.15) is 0 Å². The van der Waals surface area contributed by atoms with Crippen LogP contribution in [0.4, 0.5) is 5.82 Å². The molecule has 0 saturated heterocycles. The molecule has 0 saturated carbocycles. The molecule has 4 aromatic rings. The Bertz CT molecular complexity index is 1290. The van der Waals surface area contributed by atoms with Crippen molar-refractivity contribution in [2.24, 2.45) is 0 Å². The third kappa shape index (κ3) is 4.26. The van der Waals surface area contributed by atoms with Gasteiger partial charge in [-0.3, -0.25) is 9.69 Å². The molecule has 2 aromatic carbocycles. The average Bonchev–Trinajstić information content (AvgIpc) is 3.17. The Kier molecular flexibility index (Phi) is 5.92. The van der Waals surface area contributed by atoms with Crippen molar-refractivity contribution in [2.75, 3.05) is 18.5 Å². The number of anilines is 1. The number of benzene rings is 2. The third-order valence-corrected chi connectivity index (χ3v) is 6.39. The Hall–Kier alpha value is -3.51. The minimum absolute atomic E-state index is 0.143. The number of carbonyl (C=O) groups is 1. The summed E-state index contributed by atoms with van der Waals surface area (Å²) in [5.74, 6) is 1.66. The summed E-state index contributed by atoms with van der Waals surface area (Å²) in [6, 6.07) is 19.0. The van der Waals surface area contributed by atoms with Gasteiger partial charge in [0.05, 0.1) is 6.54 Å². The van der Waals surface area contributed by atoms with Crippen LogP contribution in [0.25, 0.3) is 10.9 Å². The van der Waals surface area contributed by atoms with Crippen LogP contribution in [0.15, 0.2) is 60.8 Å². The lowest BCUT2D eigenvalue weighted by Gasteiger charge is -2.29. The molecule has 1 aliphatic heterocycles. The topological polar surface area (TPSA) is 63.1 Å². The molecule has 0 fully saturated rings. The SMILES string of the molecule is CNCc1nc(C)c2c(n1)N(CCc1cn(Cc3ccccc3)c3ccccc13)C(=O)CC2. The monoisotopic (exact) mass is 439 g/mol. The minimum atomic E-state index is 0.143. The van der Waals surface area contributed by atoms with Crippen LogP contribution < -0.4 is 10.2 Å². The highest BCUT2D eigenvalue weighted by molar-refractivity contribution is 5.95. The van der Waals surface area contributed by atoms with Crippen LogP contribution >= 0.6 is 0 Å². The van der Waals surface area contributed by atoms with Gasteiger partial charge in [0.25, 0.3) is 0 Å². The Morgan fingerprint density at radius 2 is 1.79 bits per heavy atom. The normalized spacial score (nSPS) is 13.5. The first kappa shape index (κ1) is 21.3. The molecule has 0 radical (unpaired) electrons. The highest BCUT2D eigenvalue weighted by atomic mass is 16.2. The van der Waals surface area contributed by atoms with Crippen molar-refractivity contribution in [2.45, 2.75) is 39.3 Å². The Morgan fingerprint density at radius 1 is 1.00 bits per heavy atom. The maximum absolute atomic E-state index is 12.9. The molecule has 1 aliphatic rings. The third-order valence-electron chi connectivity index (χ3n) is 6.39. The summed E-state index contributed by atoms with van der Waals surface area (Å²) in [5.41, 5.74) is 5.82. The predicted octanol–water partition coefficient (Wildman–Crippen LogP) is 4.03. The van der Waals surface area contributed by atoms with Gasteiger partial charge in [-0.15, -0.1) is 0 Å². The molecular formula is C27H29N5O. The van der Waals surface area contributed by atoms with Gasteiger partial charge in [-0.25, -0.2) is 9.97 Å². The van der Waals surface area contributed by atoms with Gasteiger partial charge in [0.1, 0.15) is 11.6 Å². The molecule has 1 N–H and O–H groups in total. The number of amides is 1. The lowest BCUT2D eigenvalue weighted by Crippen LogP contribution is -2.38. The number of para-hydroxylation sites is 1. The van der Waals surface area contributed by atoms with E-state index in [-0.39, 0.29) is 5.91 Å². The highest BCUT2D eigenvalue weighted by Gasteiger charge is 2.28. The van der Waals surface area contributed by atoms with Crippen molar-refractivity contribution in [3.05, 3.63) is 89.0 Å². The number of nitrogens with zero attached hydrogens (tertiary/aromatic N) is 4. The number of nitrogens with one attached hydrogen (secondary N) is 1. The van der Waals surface area contributed by atoms with E-state index < -0.39 is 0 Å². The number of carbonyl (C=O) groups excluding carboxylic acids is 1. The van der Waals surface area contributed by atoms with Crippen LogP contribution in [0.5, 0.6) is 0 Å². The first-order chi connectivity index (χ1) is 16.1. The second-order valence-electron chi connectivity index (χ2n) is 8.64. The van der Waals surface area contributed by atoms with E-state index in [1.54, 1.807) is 0 Å². The van der Waals surface area contributed by atoms with E-state index in [1.807, 2.05) is 24.9 Å². The zero-order valence-corrected chi connectivity index (χ0v) is 19.2. The molecular weight excluding hydrogens is 410 g/mol. The Morgan fingerprint density at radius 3 is 2.61 bits per heavy atom. The van der Waals surface area contributed by atoms with E-state index in [1.165, 1.54) is 22.0 Å². The molecule has 168 valence electrons. The van der Waals surface area contributed by atoms with Gasteiger partial charge < -0.3 is 9.88 Å². The van der Waals surface area contributed by atoms with E-state index in [0.29, 0.717) is 25.9 Å². The van der Waals surface area contributed by atoms with E-state index in [2.05, 4.69) is 69.6 Å². The zero-order chi connectivity index (χ0) is 22.8. The summed E-state index contributed by atoms with van der Waals surface area (Å²) < 4.78 is 2.31. The quantitative estimate of drug-likeness (QED) is 0.472. The van der Waals surface area contributed by atoms with Crippen LogP contribution in [0, 0.1) is 6.92 Å². The van der Waals surface area contributed by atoms with Crippen molar-refractivity contribution < 1.29 is 4.79 Å². The van der Waals surface area contributed by atoms with Crippen molar-refractivity contribution in [1.82, 2.24) is 19.9 Å². The van der Waals surface area contributed by atoms with Crippen molar-refractivity contribution in [1.29, 1.82) is 0 Å². The second kappa shape index (κ2) is 9.16. The fourth-order valence-electron chi connectivity index (χ4n) is 4.77. The van der Waals surface area contributed by atoms with Crippen LogP contribution in [0.3, 0.4) is 0 Å². The molecule has 0 aliphatic carbocycles. The Labute approximate surface area is 194 Å². The number of hydrogen-bond acceptors (Lipinski definition) is 4. The summed E-state index contributed by atoms with van der Waals surface area (Å²) in [5, 5.41) is 4.36. The molecule has 6 nitrogen and oxygen atoms in total. The molecule has 33 heavy (non-hydrogen) atoms. The van der Waals surface area contributed by atoms with Crippen molar-refractivity contribution in [3.8, 4) is 0 Å². The standard InChI is InChI=1S/C27H29N5O/c1-19-22-12-13-26(33)32(27(22)30-25(29-19)16-28-2)15-14-21-18-31(17-20-8-4-3-5-9-20)24-11-7-6-10-23(21)24/h3-11,18,28H,12-17H2,1-2H3. The lowest BCUT2D eigenvalue weighted by atomic mass is 10.0. The van der Waals surface area contributed by atoms with E-state index in [4.69, 9.17) is 4.98 Å². The molecule has 0 bridgehead atoms.